The molecule has 2 aromatic rings. The zero-order valence-electron chi connectivity index (χ0n) is 9.06. The Bertz CT molecular complexity index is 598. The van der Waals surface area contributed by atoms with Crippen LogP contribution in [0.1, 0.15) is 10.4 Å². The van der Waals surface area contributed by atoms with Crippen molar-refractivity contribution in [3.63, 3.8) is 0 Å². The Kier molecular flexibility index (Phi) is 2.48. The molecule has 0 saturated carbocycles. The van der Waals surface area contributed by atoms with Crippen LogP contribution in [0, 0.1) is 0 Å². The zero-order chi connectivity index (χ0) is 11.7. The van der Waals surface area contributed by atoms with Crippen LogP contribution in [0.15, 0.2) is 39.7 Å². The largest absolute Gasteiger partial charge is 0.464 e. The first kappa shape index (κ1) is 10.4. The Hall–Kier alpha value is -2.10. The number of nitrogens with zero attached hydrogens (tertiary/aromatic N) is 1. The second kappa shape index (κ2) is 3.81. The monoisotopic (exact) mass is 217 g/mol. The lowest BCUT2D eigenvalue weighted by Crippen LogP contribution is -2.21. The fourth-order valence-electron chi connectivity index (χ4n) is 1.48. The molecule has 0 aliphatic heterocycles. The van der Waals surface area contributed by atoms with Crippen LogP contribution >= 0.6 is 0 Å². The fraction of sp³-hybridized carbons (Fsp3) is 0.167. The van der Waals surface area contributed by atoms with Crippen LogP contribution in [0.2, 0.25) is 0 Å². The number of hydrogen-bond acceptors (Lipinski definition) is 3. The van der Waals surface area contributed by atoms with Gasteiger partial charge in [-0.25, -0.2) is 0 Å². The summed E-state index contributed by atoms with van der Waals surface area (Å²) in [5, 5.41) is 0.426. The molecular weight excluding hydrogens is 206 g/mol. The SMILES string of the molecule is CN(C)C(=O)c1ccc2occc(=O)c2c1. The van der Waals surface area contributed by atoms with Crippen LogP contribution in [0.3, 0.4) is 0 Å². The van der Waals surface area contributed by atoms with Crippen molar-refractivity contribution in [1.29, 1.82) is 0 Å². The quantitative estimate of drug-likeness (QED) is 0.727. The highest BCUT2D eigenvalue weighted by molar-refractivity contribution is 5.97. The summed E-state index contributed by atoms with van der Waals surface area (Å²) in [5.41, 5.74) is 0.827. The molecule has 4 heteroatoms. The van der Waals surface area contributed by atoms with E-state index < -0.39 is 0 Å². The third-order valence-corrected chi connectivity index (χ3v) is 2.31. The topological polar surface area (TPSA) is 50.5 Å². The van der Waals surface area contributed by atoms with Gasteiger partial charge in [-0.3, -0.25) is 9.59 Å². The van der Waals surface area contributed by atoms with Gasteiger partial charge in [0.1, 0.15) is 5.58 Å². The first-order valence-corrected chi connectivity index (χ1v) is 4.83. The van der Waals surface area contributed by atoms with Gasteiger partial charge in [-0.15, -0.1) is 0 Å². The van der Waals surface area contributed by atoms with Crippen LogP contribution in [0.25, 0.3) is 11.0 Å². The molecule has 1 amide bonds. The summed E-state index contributed by atoms with van der Waals surface area (Å²) in [6.45, 7) is 0. The number of fused-ring (bicyclic) bond motifs is 1. The number of amides is 1. The molecule has 0 bridgehead atoms. The normalized spacial score (nSPS) is 10.4. The number of hydrogen-bond donors (Lipinski definition) is 0. The molecule has 0 unspecified atom stereocenters. The highest BCUT2D eigenvalue weighted by Gasteiger charge is 2.09. The summed E-state index contributed by atoms with van der Waals surface area (Å²) in [7, 11) is 3.33. The average Bonchev–Trinajstić information content (AvgIpc) is 2.28. The van der Waals surface area contributed by atoms with E-state index in [4.69, 9.17) is 4.42 Å². The molecule has 0 N–H and O–H groups in total. The van der Waals surface area contributed by atoms with Crippen molar-refractivity contribution < 1.29 is 9.21 Å². The van der Waals surface area contributed by atoms with Crippen molar-refractivity contribution in [2.75, 3.05) is 14.1 Å². The van der Waals surface area contributed by atoms with E-state index in [-0.39, 0.29) is 11.3 Å². The number of carbonyl (C=O) groups is 1. The van der Waals surface area contributed by atoms with Crippen molar-refractivity contribution in [1.82, 2.24) is 4.90 Å². The number of benzene rings is 1. The lowest BCUT2D eigenvalue weighted by atomic mass is 10.1. The van der Waals surface area contributed by atoms with Crippen molar-refractivity contribution in [2.45, 2.75) is 0 Å². The molecule has 0 saturated heterocycles. The van der Waals surface area contributed by atoms with Gasteiger partial charge in [-0.2, -0.15) is 0 Å². The minimum atomic E-state index is -0.144. The molecular formula is C12H11NO3. The van der Waals surface area contributed by atoms with E-state index >= 15 is 0 Å². The van der Waals surface area contributed by atoms with Gasteiger partial charge in [-0.05, 0) is 18.2 Å². The third kappa shape index (κ3) is 1.69. The molecule has 1 aromatic heterocycles. The zero-order valence-corrected chi connectivity index (χ0v) is 9.06. The maximum atomic E-state index is 11.7. The van der Waals surface area contributed by atoms with Crippen LogP contribution in [-0.2, 0) is 0 Å². The van der Waals surface area contributed by atoms with Gasteiger partial charge in [-0.1, -0.05) is 0 Å². The summed E-state index contributed by atoms with van der Waals surface area (Å²) in [6, 6.07) is 6.18. The van der Waals surface area contributed by atoms with E-state index in [0.717, 1.165) is 0 Å². The van der Waals surface area contributed by atoms with Crippen molar-refractivity contribution in [3.05, 3.63) is 46.3 Å². The minimum Gasteiger partial charge on any atom is -0.464 e. The fourth-order valence-corrected chi connectivity index (χ4v) is 1.48. The van der Waals surface area contributed by atoms with E-state index in [0.29, 0.717) is 16.5 Å². The Balaban J connectivity index is 2.64. The Morgan fingerprint density at radius 3 is 2.69 bits per heavy atom. The molecule has 2 rings (SSSR count). The van der Waals surface area contributed by atoms with Crippen molar-refractivity contribution >= 4 is 16.9 Å². The van der Waals surface area contributed by atoms with Crippen LogP contribution in [0.5, 0.6) is 0 Å². The maximum Gasteiger partial charge on any atom is 0.253 e. The van der Waals surface area contributed by atoms with E-state index in [1.165, 1.54) is 17.2 Å². The molecule has 0 atom stereocenters. The number of rotatable bonds is 1. The molecule has 1 aromatic carbocycles. The highest BCUT2D eigenvalue weighted by Crippen LogP contribution is 2.13. The predicted molar refractivity (Wildman–Crippen MR) is 60.5 cm³/mol. The van der Waals surface area contributed by atoms with Crippen LogP contribution in [-0.4, -0.2) is 24.9 Å². The Morgan fingerprint density at radius 2 is 2.00 bits per heavy atom. The van der Waals surface area contributed by atoms with E-state index in [2.05, 4.69) is 0 Å². The van der Waals surface area contributed by atoms with E-state index in [1.54, 1.807) is 32.3 Å². The van der Waals surface area contributed by atoms with Crippen molar-refractivity contribution in [2.24, 2.45) is 0 Å². The summed E-state index contributed by atoms with van der Waals surface area (Å²) < 4.78 is 5.16. The highest BCUT2D eigenvalue weighted by atomic mass is 16.3. The molecule has 0 aliphatic carbocycles. The molecule has 1 heterocycles. The predicted octanol–water partition coefficient (Wildman–Crippen LogP) is 1.49. The summed E-state index contributed by atoms with van der Waals surface area (Å²) in [5.74, 6) is -0.134. The van der Waals surface area contributed by atoms with Gasteiger partial charge in [0.25, 0.3) is 5.91 Å². The molecule has 82 valence electrons. The lowest BCUT2D eigenvalue weighted by molar-refractivity contribution is 0.0828. The third-order valence-electron chi connectivity index (χ3n) is 2.31. The Labute approximate surface area is 92.1 Å². The Morgan fingerprint density at radius 1 is 1.25 bits per heavy atom. The maximum absolute atomic E-state index is 11.7. The minimum absolute atomic E-state index is 0.134. The molecule has 0 radical (unpaired) electrons. The lowest BCUT2D eigenvalue weighted by Gasteiger charge is -2.10. The van der Waals surface area contributed by atoms with Gasteiger partial charge in [0.05, 0.1) is 11.6 Å². The molecule has 0 fully saturated rings. The molecule has 0 aliphatic rings. The first-order valence-electron chi connectivity index (χ1n) is 4.83. The summed E-state index contributed by atoms with van der Waals surface area (Å²) in [4.78, 5) is 24.7. The van der Waals surface area contributed by atoms with E-state index in [9.17, 15) is 9.59 Å². The molecule has 16 heavy (non-hydrogen) atoms. The summed E-state index contributed by atoms with van der Waals surface area (Å²) >= 11 is 0. The van der Waals surface area contributed by atoms with Gasteiger partial charge >= 0.3 is 0 Å². The number of carbonyl (C=O) groups excluding carboxylic acids is 1. The standard InChI is InChI=1S/C12H11NO3/c1-13(2)12(15)8-3-4-11-9(7-8)10(14)5-6-16-11/h3-7H,1-2H3. The van der Waals surface area contributed by atoms with Crippen molar-refractivity contribution in [3.8, 4) is 0 Å². The molecule has 4 nitrogen and oxygen atoms in total. The van der Waals surface area contributed by atoms with Crippen LogP contribution < -0.4 is 5.43 Å². The van der Waals surface area contributed by atoms with Crippen LogP contribution in [0.4, 0.5) is 0 Å². The average molecular weight is 217 g/mol. The summed E-state index contributed by atoms with van der Waals surface area (Å²) in [6.07, 6.45) is 1.35. The second-order valence-corrected chi connectivity index (χ2v) is 3.70. The van der Waals surface area contributed by atoms with Gasteiger partial charge in [0.2, 0.25) is 0 Å². The van der Waals surface area contributed by atoms with Gasteiger partial charge in [0, 0.05) is 25.7 Å². The first-order chi connectivity index (χ1) is 7.59. The van der Waals surface area contributed by atoms with Gasteiger partial charge in [0.15, 0.2) is 5.43 Å². The van der Waals surface area contributed by atoms with E-state index in [1.807, 2.05) is 0 Å². The molecule has 0 spiro atoms. The smallest absolute Gasteiger partial charge is 0.253 e. The van der Waals surface area contributed by atoms with Gasteiger partial charge < -0.3 is 9.32 Å². The second-order valence-electron chi connectivity index (χ2n) is 3.70.